The van der Waals surface area contributed by atoms with E-state index in [0.717, 1.165) is 23.9 Å². The molecule has 1 aliphatic carbocycles. The van der Waals surface area contributed by atoms with Gasteiger partial charge in [0.2, 0.25) is 0 Å². The number of ether oxygens (including phenoxy) is 1. The third kappa shape index (κ3) is 3.79. The van der Waals surface area contributed by atoms with Crippen molar-refractivity contribution in [3.8, 4) is 5.82 Å². The number of methoxy groups -OCH3 is 1. The standard InChI is InChI=1S/C21H22N6O3S/c1-30-12-11-26-21-16(13-24-26)3-2-4-18(21)25-31(28,29)17-7-8-20(22-14-17)27-19(9-10-23-27)15-5-6-15/h2-4,7-10,13-15,25H,5-6,11-12H2,1H3. The Balaban J connectivity index is 1.43. The molecule has 0 aliphatic heterocycles. The number of hydrogen-bond donors (Lipinski definition) is 1. The lowest BCUT2D eigenvalue weighted by Gasteiger charge is -2.12. The third-order valence-corrected chi connectivity index (χ3v) is 6.68. The van der Waals surface area contributed by atoms with E-state index in [-0.39, 0.29) is 4.90 Å². The zero-order valence-electron chi connectivity index (χ0n) is 17.0. The van der Waals surface area contributed by atoms with Crippen LogP contribution in [0.25, 0.3) is 16.7 Å². The maximum Gasteiger partial charge on any atom is 0.263 e. The summed E-state index contributed by atoms with van der Waals surface area (Å²) in [5.74, 6) is 1.11. The minimum atomic E-state index is -3.83. The Morgan fingerprint density at radius 2 is 2.00 bits per heavy atom. The van der Waals surface area contributed by atoms with E-state index in [1.54, 1.807) is 53.1 Å². The number of para-hydroxylation sites is 1. The van der Waals surface area contributed by atoms with Crippen LogP contribution in [0.3, 0.4) is 0 Å². The molecule has 0 amide bonds. The summed E-state index contributed by atoms with van der Waals surface area (Å²) >= 11 is 0. The smallest absolute Gasteiger partial charge is 0.263 e. The van der Waals surface area contributed by atoms with Crippen LogP contribution >= 0.6 is 0 Å². The van der Waals surface area contributed by atoms with Crippen LogP contribution in [0, 0.1) is 0 Å². The summed E-state index contributed by atoms with van der Waals surface area (Å²) in [5, 5.41) is 9.53. The summed E-state index contributed by atoms with van der Waals surface area (Å²) in [6.07, 6.45) is 7.11. The monoisotopic (exact) mass is 438 g/mol. The zero-order valence-corrected chi connectivity index (χ0v) is 17.8. The quantitative estimate of drug-likeness (QED) is 0.454. The highest BCUT2D eigenvalue weighted by molar-refractivity contribution is 7.92. The minimum Gasteiger partial charge on any atom is -0.383 e. The van der Waals surface area contributed by atoms with Gasteiger partial charge in [0.15, 0.2) is 5.82 Å². The van der Waals surface area contributed by atoms with Gasteiger partial charge in [-0.2, -0.15) is 10.2 Å². The van der Waals surface area contributed by atoms with Crippen molar-refractivity contribution in [3.05, 3.63) is 60.7 Å². The lowest BCUT2D eigenvalue weighted by molar-refractivity contribution is 0.185. The Labute approximate surface area is 179 Å². The molecule has 10 heteroatoms. The van der Waals surface area contributed by atoms with Crippen molar-refractivity contribution in [1.82, 2.24) is 24.5 Å². The number of fused-ring (bicyclic) bond motifs is 1. The fourth-order valence-corrected chi connectivity index (χ4v) is 4.64. The molecule has 0 bridgehead atoms. The molecule has 1 saturated carbocycles. The Bertz CT molecular complexity index is 1320. The van der Waals surface area contributed by atoms with Crippen LogP contribution in [0.1, 0.15) is 24.5 Å². The van der Waals surface area contributed by atoms with E-state index in [1.165, 1.54) is 6.20 Å². The lowest BCUT2D eigenvalue weighted by Crippen LogP contribution is -2.15. The fourth-order valence-electron chi connectivity index (χ4n) is 3.63. The molecule has 3 aromatic heterocycles. The van der Waals surface area contributed by atoms with Crippen LogP contribution in [-0.4, -0.2) is 46.7 Å². The molecule has 160 valence electrons. The normalized spacial score (nSPS) is 14.2. The highest BCUT2D eigenvalue weighted by atomic mass is 32.2. The average Bonchev–Trinajstić information content (AvgIpc) is 3.34. The maximum absolute atomic E-state index is 13.0. The molecule has 9 nitrogen and oxygen atoms in total. The first-order valence-electron chi connectivity index (χ1n) is 10.0. The lowest BCUT2D eigenvalue weighted by atomic mass is 10.2. The van der Waals surface area contributed by atoms with Gasteiger partial charge in [-0.3, -0.25) is 9.40 Å². The van der Waals surface area contributed by atoms with Gasteiger partial charge in [0, 0.05) is 36.5 Å². The van der Waals surface area contributed by atoms with Gasteiger partial charge in [0.1, 0.15) is 4.90 Å². The van der Waals surface area contributed by atoms with Crippen LogP contribution < -0.4 is 4.72 Å². The molecule has 1 N–H and O–H groups in total. The summed E-state index contributed by atoms with van der Waals surface area (Å²) in [5.41, 5.74) is 2.27. The van der Waals surface area contributed by atoms with Crippen LogP contribution in [-0.2, 0) is 21.3 Å². The summed E-state index contributed by atoms with van der Waals surface area (Å²) in [6.45, 7) is 0.988. The molecule has 0 unspecified atom stereocenters. The number of sulfonamides is 1. The van der Waals surface area contributed by atoms with Gasteiger partial charge in [-0.25, -0.2) is 18.1 Å². The fraction of sp³-hybridized carbons (Fsp3) is 0.286. The van der Waals surface area contributed by atoms with Crippen molar-refractivity contribution in [2.24, 2.45) is 0 Å². The molecule has 4 aromatic rings. The summed E-state index contributed by atoms with van der Waals surface area (Å²) < 4.78 is 37.4. The predicted molar refractivity (Wildman–Crippen MR) is 116 cm³/mol. The number of rotatable bonds is 8. The van der Waals surface area contributed by atoms with Gasteiger partial charge in [-0.1, -0.05) is 12.1 Å². The van der Waals surface area contributed by atoms with E-state index >= 15 is 0 Å². The van der Waals surface area contributed by atoms with E-state index < -0.39 is 10.0 Å². The summed E-state index contributed by atoms with van der Waals surface area (Å²) in [4.78, 5) is 4.44. The molecular weight excluding hydrogens is 416 g/mol. The largest absolute Gasteiger partial charge is 0.383 e. The number of anilines is 1. The molecule has 0 atom stereocenters. The zero-order chi connectivity index (χ0) is 21.4. The molecule has 1 aliphatic rings. The number of nitrogens with zero attached hydrogens (tertiary/aromatic N) is 5. The molecular formula is C21H22N6O3S. The molecule has 3 heterocycles. The van der Waals surface area contributed by atoms with E-state index in [9.17, 15) is 8.42 Å². The number of pyridine rings is 1. The van der Waals surface area contributed by atoms with Gasteiger partial charge in [-0.15, -0.1) is 0 Å². The Kier molecular flexibility index (Phi) is 4.95. The SMILES string of the molecule is COCCn1ncc2cccc(NS(=O)(=O)c3ccc(-n4nccc4C4CC4)nc3)c21. The van der Waals surface area contributed by atoms with Crippen molar-refractivity contribution in [1.29, 1.82) is 0 Å². The summed E-state index contributed by atoms with van der Waals surface area (Å²) in [6, 6.07) is 10.6. The van der Waals surface area contributed by atoms with Gasteiger partial charge in [0.25, 0.3) is 10.0 Å². The molecule has 5 rings (SSSR count). The third-order valence-electron chi connectivity index (χ3n) is 5.33. The first-order chi connectivity index (χ1) is 15.1. The molecule has 0 spiro atoms. The van der Waals surface area contributed by atoms with Gasteiger partial charge in [0.05, 0.1) is 30.6 Å². The Hall–Kier alpha value is -3.24. The van der Waals surface area contributed by atoms with Crippen molar-refractivity contribution >= 4 is 26.6 Å². The van der Waals surface area contributed by atoms with Gasteiger partial charge in [-0.05, 0) is 37.1 Å². The van der Waals surface area contributed by atoms with Crippen molar-refractivity contribution < 1.29 is 13.2 Å². The van der Waals surface area contributed by atoms with E-state index in [1.807, 2.05) is 12.1 Å². The number of aromatic nitrogens is 5. The van der Waals surface area contributed by atoms with Crippen molar-refractivity contribution in [2.75, 3.05) is 18.4 Å². The minimum absolute atomic E-state index is 0.0799. The van der Waals surface area contributed by atoms with Gasteiger partial charge >= 0.3 is 0 Å². The molecule has 0 radical (unpaired) electrons. The van der Waals surface area contributed by atoms with Crippen molar-refractivity contribution in [3.63, 3.8) is 0 Å². The van der Waals surface area contributed by atoms with Crippen LogP contribution in [0.5, 0.6) is 0 Å². The van der Waals surface area contributed by atoms with E-state index in [4.69, 9.17) is 4.74 Å². The first kappa shape index (κ1) is 19.7. The molecule has 0 saturated heterocycles. The van der Waals surface area contributed by atoms with E-state index in [2.05, 4.69) is 19.9 Å². The average molecular weight is 439 g/mol. The van der Waals surface area contributed by atoms with Crippen LogP contribution in [0.2, 0.25) is 0 Å². The predicted octanol–water partition coefficient (Wildman–Crippen LogP) is 2.94. The Morgan fingerprint density at radius 3 is 2.74 bits per heavy atom. The second-order valence-electron chi connectivity index (χ2n) is 7.50. The number of nitrogens with one attached hydrogen (secondary N) is 1. The van der Waals surface area contributed by atoms with Crippen LogP contribution in [0.15, 0.2) is 59.9 Å². The van der Waals surface area contributed by atoms with Crippen molar-refractivity contribution in [2.45, 2.75) is 30.2 Å². The first-order valence-corrected chi connectivity index (χ1v) is 11.5. The van der Waals surface area contributed by atoms with Gasteiger partial charge < -0.3 is 4.74 Å². The maximum atomic E-state index is 13.0. The topological polar surface area (TPSA) is 104 Å². The molecule has 1 aromatic carbocycles. The van der Waals surface area contributed by atoms with Crippen LogP contribution in [0.4, 0.5) is 5.69 Å². The molecule has 31 heavy (non-hydrogen) atoms. The summed E-state index contributed by atoms with van der Waals surface area (Å²) in [7, 11) is -2.22. The highest BCUT2D eigenvalue weighted by Crippen LogP contribution is 2.40. The second-order valence-corrected chi connectivity index (χ2v) is 9.19. The number of benzene rings is 1. The van der Waals surface area contributed by atoms with E-state index in [0.29, 0.717) is 36.1 Å². The number of hydrogen-bond acceptors (Lipinski definition) is 6. The highest BCUT2D eigenvalue weighted by Gasteiger charge is 2.27. The second kappa shape index (κ2) is 7.78. The Morgan fingerprint density at radius 1 is 1.13 bits per heavy atom. The molecule has 1 fully saturated rings.